The Morgan fingerprint density at radius 1 is 1.50 bits per heavy atom. The van der Waals surface area contributed by atoms with Crippen LogP contribution in [0.15, 0.2) is 0 Å². The Bertz CT molecular complexity index is 58.6. The first-order chi connectivity index (χ1) is 2.93. The van der Waals surface area contributed by atoms with Crippen LogP contribution in [-0.2, 0) is 4.79 Å². The Balaban J connectivity index is 2.16. The maximum Gasteiger partial charge on any atom is 0.209 e. The van der Waals surface area contributed by atoms with Gasteiger partial charge in [-0.3, -0.25) is 4.79 Å². The Labute approximate surface area is 36.7 Å². The van der Waals surface area contributed by atoms with Gasteiger partial charge < -0.3 is 4.90 Å². The largest absolute Gasteiger partial charge is 0.345 e. The molecule has 1 heterocycles. The molecule has 0 bridgehead atoms. The number of likely N-dealkylation sites (tertiary alicyclic amines) is 1. The number of amides is 1. The van der Waals surface area contributed by atoms with Crippen molar-refractivity contribution < 1.29 is 4.79 Å². The third-order valence-electron chi connectivity index (χ3n) is 1.04. The first kappa shape index (κ1) is 3.65. The number of carbonyl (C=O) groups excluding carboxylic acids is 1. The number of hydrogen-bond donors (Lipinski definition) is 0. The van der Waals surface area contributed by atoms with Gasteiger partial charge in [-0.05, 0) is 6.42 Å². The molecule has 34 valence electrons. The van der Waals surface area contributed by atoms with Gasteiger partial charge in [-0.25, -0.2) is 0 Å². The van der Waals surface area contributed by atoms with Crippen LogP contribution in [-0.4, -0.2) is 24.4 Å². The topological polar surface area (TPSA) is 20.3 Å². The van der Waals surface area contributed by atoms with Crippen molar-refractivity contribution in [2.45, 2.75) is 6.42 Å². The molecule has 6 heavy (non-hydrogen) atoms. The van der Waals surface area contributed by atoms with Gasteiger partial charge in [0.25, 0.3) is 0 Å². The molecule has 2 heteroatoms. The first-order valence-corrected chi connectivity index (χ1v) is 2.13. The standard InChI is InChI=1S/C4H7NO/c6-4-5-2-1-3-5/h4H,1-3H2. The van der Waals surface area contributed by atoms with E-state index in [1.54, 1.807) is 4.90 Å². The molecule has 0 aromatic heterocycles. The van der Waals surface area contributed by atoms with Gasteiger partial charge in [-0.1, -0.05) is 0 Å². The van der Waals surface area contributed by atoms with Crippen LogP contribution in [0.3, 0.4) is 0 Å². The van der Waals surface area contributed by atoms with E-state index in [0.717, 1.165) is 19.5 Å². The first-order valence-electron chi connectivity index (χ1n) is 2.13. The van der Waals surface area contributed by atoms with Crippen molar-refractivity contribution in [2.75, 3.05) is 13.1 Å². The van der Waals surface area contributed by atoms with Gasteiger partial charge in [0.15, 0.2) is 0 Å². The lowest BCUT2D eigenvalue weighted by atomic mass is 10.2. The normalized spacial score (nSPS) is 19.7. The summed E-state index contributed by atoms with van der Waals surface area (Å²) in [6.07, 6.45) is 2.09. The second-order valence-electron chi connectivity index (χ2n) is 1.49. The molecular formula is C4H7NO. The van der Waals surface area contributed by atoms with E-state index in [-0.39, 0.29) is 0 Å². The fraction of sp³-hybridized carbons (Fsp3) is 0.750. The Morgan fingerprint density at radius 3 is 2.17 bits per heavy atom. The molecule has 1 aliphatic rings. The minimum Gasteiger partial charge on any atom is -0.345 e. The van der Waals surface area contributed by atoms with Crippen LogP contribution in [0, 0.1) is 0 Å². The van der Waals surface area contributed by atoms with Crippen LogP contribution in [0.4, 0.5) is 0 Å². The van der Waals surface area contributed by atoms with Crippen LogP contribution in [0.2, 0.25) is 0 Å². The molecule has 0 N–H and O–H groups in total. The van der Waals surface area contributed by atoms with Crippen LogP contribution in [0.5, 0.6) is 0 Å². The van der Waals surface area contributed by atoms with Gasteiger partial charge in [0.1, 0.15) is 0 Å². The van der Waals surface area contributed by atoms with Crippen LogP contribution < -0.4 is 0 Å². The molecule has 1 saturated heterocycles. The van der Waals surface area contributed by atoms with Gasteiger partial charge >= 0.3 is 0 Å². The lowest BCUT2D eigenvalue weighted by Gasteiger charge is -2.25. The molecule has 0 unspecified atom stereocenters. The average Bonchev–Trinajstić information content (AvgIpc) is 1.31. The van der Waals surface area contributed by atoms with Crippen molar-refractivity contribution in [1.29, 1.82) is 0 Å². The summed E-state index contributed by atoms with van der Waals surface area (Å²) in [4.78, 5) is 11.5. The summed E-state index contributed by atoms with van der Waals surface area (Å²) in [7, 11) is 0. The second kappa shape index (κ2) is 1.29. The Hall–Kier alpha value is -0.530. The SMILES string of the molecule is O=CN1CCC1. The quantitative estimate of drug-likeness (QED) is 0.405. The van der Waals surface area contributed by atoms with E-state index in [1.165, 1.54) is 6.42 Å². The van der Waals surface area contributed by atoms with E-state index in [4.69, 9.17) is 0 Å². The van der Waals surface area contributed by atoms with Crippen LogP contribution >= 0.6 is 0 Å². The number of hydrogen-bond acceptors (Lipinski definition) is 1. The van der Waals surface area contributed by atoms with Crippen molar-refractivity contribution in [2.24, 2.45) is 0 Å². The summed E-state index contributed by atoms with van der Waals surface area (Å²) in [5.74, 6) is 0. The van der Waals surface area contributed by atoms with E-state index in [0.29, 0.717) is 0 Å². The second-order valence-corrected chi connectivity index (χ2v) is 1.49. The van der Waals surface area contributed by atoms with Crippen molar-refractivity contribution in [3.8, 4) is 0 Å². The average molecular weight is 85.1 g/mol. The molecular weight excluding hydrogens is 78.0 g/mol. The highest BCUT2D eigenvalue weighted by Gasteiger charge is 2.08. The number of rotatable bonds is 1. The van der Waals surface area contributed by atoms with Gasteiger partial charge in [-0.2, -0.15) is 0 Å². The molecule has 1 aliphatic heterocycles. The molecule has 1 amide bonds. The smallest absolute Gasteiger partial charge is 0.209 e. The van der Waals surface area contributed by atoms with Crippen molar-refractivity contribution >= 4 is 6.41 Å². The van der Waals surface area contributed by atoms with Crippen LogP contribution in [0.1, 0.15) is 6.42 Å². The molecule has 0 saturated carbocycles. The third kappa shape index (κ3) is 0.379. The molecule has 0 aliphatic carbocycles. The van der Waals surface area contributed by atoms with E-state index in [1.807, 2.05) is 0 Å². The van der Waals surface area contributed by atoms with E-state index >= 15 is 0 Å². The van der Waals surface area contributed by atoms with Gasteiger partial charge in [0.2, 0.25) is 6.41 Å². The van der Waals surface area contributed by atoms with Crippen molar-refractivity contribution in [3.63, 3.8) is 0 Å². The van der Waals surface area contributed by atoms with Crippen LogP contribution in [0.25, 0.3) is 0 Å². The molecule has 0 atom stereocenters. The zero-order valence-electron chi connectivity index (χ0n) is 3.55. The maximum atomic E-state index is 9.71. The van der Waals surface area contributed by atoms with E-state index in [9.17, 15) is 4.79 Å². The zero-order chi connectivity index (χ0) is 4.41. The van der Waals surface area contributed by atoms with Gasteiger partial charge in [0, 0.05) is 13.1 Å². The monoisotopic (exact) mass is 85.1 g/mol. The fourth-order valence-electron chi connectivity index (χ4n) is 0.446. The predicted octanol–water partition coefficient (Wildman–Crippen LogP) is -0.151. The van der Waals surface area contributed by atoms with Gasteiger partial charge in [-0.15, -0.1) is 0 Å². The zero-order valence-corrected chi connectivity index (χ0v) is 3.55. The molecule has 1 fully saturated rings. The highest BCUT2D eigenvalue weighted by atomic mass is 16.1. The van der Waals surface area contributed by atoms with Gasteiger partial charge in [0.05, 0.1) is 0 Å². The molecule has 0 spiro atoms. The summed E-state index contributed by atoms with van der Waals surface area (Å²) in [6, 6.07) is 0. The lowest BCUT2D eigenvalue weighted by Crippen LogP contribution is -2.35. The van der Waals surface area contributed by atoms with E-state index < -0.39 is 0 Å². The summed E-state index contributed by atoms with van der Waals surface area (Å²) in [5.41, 5.74) is 0. The number of carbonyl (C=O) groups is 1. The summed E-state index contributed by atoms with van der Waals surface area (Å²) >= 11 is 0. The minimum atomic E-state index is 0.892. The van der Waals surface area contributed by atoms with Crippen molar-refractivity contribution in [1.82, 2.24) is 4.90 Å². The van der Waals surface area contributed by atoms with E-state index in [2.05, 4.69) is 0 Å². The molecule has 1 rings (SSSR count). The highest BCUT2D eigenvalue weighted by molar-refractivity contribution is 5.48. The maximum absolute atomic E-state index is 9.71. The Morgan fingerprint density at radius 2 is 2.17 bits per heavy atom. The predicted molar refractivity (Wildman–Crippen MR) is 22.3 cm³/mol. The molecule has 0 radical (unpaired) electrons. The third-order valence-corrected chi connectivity index (χ3v) is 1.04. The molecule has 0 aromatic carbocycles. The number of nitrogens with zero attached hydrogens (tertiary/aromatic N) is 1. The summed E-state index contributed by atoms with van der Waals surface area (Å²) in [6.45, 7) is 1.95. The molecule has 2 nitrogen and oxygen atoms in total. The molecule has 0 aromatic rings. The summed E-state index contributed by atoms with van der Waals surface area (Å²) in [5, 5.41) is 0. The fourth-order valence-corrected chi connectivity index (χ4v) is 0.446. The minimum absolute atomic E-state index is 0.892. The highest BCUT2D eigenvalue weighted by Crippen LogP contribution is 1.99. The van der Waals surface area contributed by atoms with Crippen molar-refractivity contribution in [3.05, 3.63) is 0 Å². The summed E-state index contributed by atoms with van der Waals surface area (Å²) < 4.78 is 0. The Kier molecular flexibility index (Phi) is 0.783. The lowest BCUT2D eigenvalue weighted by molar-refractivity contribution is -0.121.